The molecular weight excluding hydrogens is 561 g/mol. The van der Waals surface area contributed by atoms with Gasteiger partial charge in [0.25, 0.3) is 11.8 Å². The van der Waals surface area contributed by atoms with Crippen molar-refractivity contribution in [3.8, 4) is 0 Å². The van der Waals surface area contributed by atoms with Crippen LogP contribution in [-0.4, -0.2) is 54.8 Å². The van der Waals surface area contributed by atoms with Crippen LogP contribution in [-0.2, 0) is 33.5 Å². The van der Waals surface area contributed by atoms with Crippen LogP contribution in [0.5, 0.6) is 0 Å². The number of rotatable bonds is 9. The molecule has 1 aliphatic heterocycles. The number of hydrogen-bond acceptors (Lipinski definition) is 7. The van der Waals surface area contributed by atoms with Gasteiger partial charge in [0.15, 0.2) is 0 Å². The van der Waals surface area contributed by atoms with Gasteiger partial charge in [-0.1, -0.05) is 0 Å². The van der Waals surface area contributed by atoms with Crippen LogP contribution in [0.25, 0.3) is 0 Å². The van der Waals surface area contributed by atoms with Crippen molar-refractivity contribution in [1.82, 2.24) is 5.06 Å². The lowest BCUT2D eigenvalue weighted by molar-refractivity contribution is -0.510. The molecule has 2 amide bonds. The highest BCUT2D eigenvalue weighted by atomic mass is 32.2. The summed E-state index contributed by atoms with van der Waals surface area (Å²) in [4.78, 5) is 23.2. The first kappa shape index (κ1) is 30.4. The van der Waals surface area contributed by atoms with E-state index in [-0.39, 0.29) is 0 Å². The van der Waals surface area contributed by atoms with Crippen LogP contribution >= 0.6 is 0 Å². The number of halogens is 13. The summed E-state index contributed by atoms with van der Waals surface area (Å²) in [7, 11) is -7.59. The maximum atomic E-state index is 13.9. The minimum absolute atomic E-state index is 0.691. The molecule has 0 aromatic rings. The molecule has 1 heterocycles. The Morgan fingerprint density at radius 3 is 1.51 bits per heavy atom. The molecule has 1 atom stereocenters. The Morgan fingerprint density at radius 1 is 0.771 bits per heavy atom. The predicted molar refractivity (Wildman–Crippen MR) is 77.5 cm³/mol. The van der Waals surface area contributed by atoms with Crippen LogP contribution in [0, 0.1) is 0 Å². The van der Waals surface area contributed by atoms with Gasteiger partial charge in [-0.2, -0.15) is 65.5 Å². The van der Waals surface area contributed by atoms with Gasteiger partial charge in [0.1, 0.15) is 0 Å². The molecule has 1 unspecified atom stereocenters. The van der Waals surface area contributed by atoms with Gasteiger partial charge >= 0.3 is 51.7 Å². The molecule has 0 saturated carbocycles. The monoisotopic (exact) mass is 567 g/mol. The number of carbonyl (C=O) groups is 2. The minimum atomic E-state index is -7.64. The van der Waals surface area contributed by atoms with Crippen molar-refractivity contribution in [3.63, 3.8) is 0 Å². The lowest BCUT2D eigenvalue weighted by Gasteiger charge is -2.36. The van der Waals surface area contributed by atoms with Crippen molar-refractivity contribution in [2.45, 2.75) is 43.4 Å². The molecule has 0 radical (unpaired) electrons. The maximum Gasteiger partial charge on any atom is 0.471 e. The summed E-state index contributed by atoms with van der Waals surface area (Å²) < 4.78 is 200. The average molecular weight is 567 g/mol. The largest absolute Gasteiger partial charge is 0.471 e. The molecule has 0 fully saturated rings. The molecule has 22 heteroatoms. The number of amides is 2. The van der Waals surface area contributed by atoms with E-state index in [2.05, 4.69) is 4.28 Å². The molecule has 0 spiro atoms. The van der Waals surface area contributed by atoms with Gasteiger partial charge in [0, 0.05) is 11.1 Å². The Morgan fingerprint density at radius 2 is 1.17 bits per heavy atom. The van der Waals surface area contributed by atoms with Gasteiger partial charge in [-0.05, 0) is 13.8 Å². The Labute approximate surface area is 183 Å². The third-order valence-corrected chi connectivity index (χ3v) is 4.98. The molecule has 1 rings (SSSR count). The molecule has 0 aromatic heterocycles. The van der Waals surface area contributed by atoms with Crippen molar-refractivity contribution in [2.75, 3.05) is 0 Å². The summed E-state index contributed by atoms with van der Waals surface area (Å²) in [6.07, 6.45) is -26.5. The fourth-order valence-corrected chi connectivity index (χ4v) is 2.57. The zero-order chi connectivity index (χ0) is 28.2. The maximum absolute atomic E-state index is 13.9. The predicted octanol–water partition coefficient (Wildman–Crippen LogP) is 4.03. The van der Waals surface area contributed by atoms with Crippen LogP contribution in [0.1, 0.15) is 13.8 Å². The standard InChI is InChI=1S/C13H6F13NO7S/c1-3-4(2)8(29)27(7(3)28)34-35(30,31)13(25,26)12(23,24)33-9(17,10(18,19)20)11(21,22)32-6(16)5(14)15/h1-2H3. The molecule has 8 nitrogen and oxygen atoms in total. The fourth-order valence-electron chi connectivity index (χ4n) is 1.81. The smallest absolute Gasteiger partial charge is 0.398 e. The van der Waals surface area contributed by atoms with Crippen molar-refractivity contribution < 1.29 is 88.8 Å². The number of carbonyl (C=O) groups excluding carboxylic acids is 2. The normalized spacial score (nSPS) is 18.2. The second-order valence-corrected chi connectivity index (χ2v) is 7.63. The summed E-state index contributed by atoms with van der Waals surface area (Å²) >= 11 is 0. The average Bonchev–Trinajstić information content (AvgIpc) is 2.83. The highest BCUT2D eigenvalue weighted by molar-refractivity contribution is 7.87. The van der Waals surface area contributed by atoms with E-state index in [1.165, 1.54) is 0 Å². The van der Waals surface area contributed by atoms with E-state index >= 15 is 0 Å². The second-order valence-electron chi connectivity index (χ2n) is 6.06. The van der Waals surface area contributed by atoms with Gasteiger partial charge in [0.2, 0.25) is 0 Å². The highest BCUT2D eigenvalue weighted by Gasteiger charge is 2.83. The number of ether oxygens (including phenoxy) is 2. The first-order chi connectivity index (χ1) is 15.3. The molecule has 202 valence electrons. The summed E-state index contributed by atoms with van der Waals surface area (Å²) in [5.41, 5.74) is -1.38. The first-order valence-electron chi connectivity index (χ1n) is 7.77. The van der Waals surface area contributed by atoms with E-state index in [0.29, 0.717) is 0 Å². The van der Waals surface area contributed by atoms with E-state index in [9.17, 15) is 75.1 Å². The summed E-state index contributed by atoms with van der Waals surface area (Å²) in [6, 6.07) is -4.00. The van der Waals surface area contributed by atoms with Crippen molar-refractivity contribution in [3.05, 3.63) is 23.2 Å². The number of imide groups is 1. The number of hydroxylamine groups is 2. The molecule has 1 aliphatic rings. The van der Waals surface area contributed by atoms with Crippen LogP contribution in [0.15, 0.2) is 23.2 Å². The first-order valence-corrected chi connectivity index (χ1v) is 9.17. The topological polar surface area (TPSA) is 99.2 Å². The van der Waals surface area contributed by atoms with E-state index in [4.69, 9.17) is 0 Å². The Hall–Kier alpha value is -2.62. The van der Waals surface area contributed by atoms with E-state index in [1.807, 2.05) is 4.74 Å². The van der Waals surface area contributed by atoms with Crippen LogP contribution < -0.4 is 0 Å². The number of nitrogens with zero attached hydrogens (tertiary/aromatic N) is 1. The van der Waals surface area contributed by atoms with Gasteiger partial charge in [0.05, 0.1) is 0 Å². The van der Waals surface area contributed by atoms with E-state index < -0.39 is 79.7 Å². The lowest BCUT2D eigenvalue weighted by Crippen LogP contribution is -2.64. The number of hydrogen-bond donors (Lipinski definition) is 0. The fraction of sp³-hybridized carbons (Fsp3) is 0.538. The number of alkyl halides is 10. The zero-order valence-electron chi connectivity index (χ0n) is 16.1. The molecular formula is C13H6F13NO7S. The van der Waals surface area contributed by atoms with Crippen molar-refractivity contribution in [2.24, 2.45) is 0 Å². The van der Waals surface area contributed by atoms with E-state index in [0.717, 1.165) is 13.8 Å². The van der Waals surface area contributed by atoms with E-state index in [1.54, 1.807) is 4.74 Å². The second kappa shape index (κ2) is 8.80. The van der Waals surface area contributed by atoms with Gasteiger partial charge in [-0.25, -0.2) is 0 Å². The van der Waals surface area contributed by atoms with Gasteiger partial charge < -0.3 is 4.74 Å². The van der Waals surface area contributed by atoms with Gasteiger partial charge in [-0.3, -0.25) is 14.3 Å². The molecule has 0 aromatic carbocycles. The summed E-state index contributed by atoms with van der Waals surface area (Å²) in [5.74, 6) is -11.4. The van der Waals surface area contributed by atoms with Crippen molar-refractivity contribution in [1.29, 1.82) is 0 Å². The molecule has 0 aliphatic carbocycles. The summed E-state index contributed by atoms with van der Waals surface area (Å²) in [5, 5.41) is -8.43. The molecule has 0 bridgehead atoms. The molecule has 0 N–H and O–H groups in total. The zero-order valence-corrected chi connectivity index (χ0v) is 16.9. The quantitative estimate of drug-likeness (QED) is 0.236. The van der Waals surface area contributed by atoms with Crippen LogP contribution in [0.4, 0.5) is 57.1 Å². The molecule has 35 heavy (non-hydrogen) atoms. The van der Waals surface area contributed by atoms with Gasteiger partial charge in [-0.15, -0.1) is 9.35 Å². The Kier molecular flexibility index (Phi) is 7.64. The molecule has 0 saturated heterocycles. The third-order valence-electron chi connectivity index (χ3n) is 3.77. The van der Waals surface area contributed by atoms with Crippen molar-refractivity contribution >= 4 is 21.9 Å². The Balaban J connectivity index is 3.49. The Bertz CT molecular complexity index is 1050. The third kappa shape index (κ3) is 5.03. The van der Waals surface area contributed by atoms with Crippen LogP contribution in [0.3, 0.4) is 0 Å². The summed E-state index contributed by atoms with van der Waals surface area (Å²) in [6.45, 7) is 1.55. The minimum Gasteiger partial charge on any atom is -0.398 e. The SMILES string of the molecule is CC1=C(C)C(=O)N(OS(=O)(=O)C(F)(F)C(F)(F)OC(F)(C(F)(F)F)C(F)(F)OC(F)=C(F)F)C1=O. The van der Waals surface area contributed by atoms with Crippen LogP contribution in [0.2, 0.25) is 0 Å². The lowest BCUT2D eigenvalue weighted by atomic mass is 10.2. The highest BCUT2D eigenvalue weighted by Crippen LogP contribution is 2.53.